The first-order valence-electron chi connectivity index (χ1n) is 8.30. The van der Waals surface area contributed by atoms with Gasteiger partial charge in [0, 0.05) is 10.8 Å². The second-order valence-corrected chi connectivity index (χ2v) is 6.18. The van der Waals surface area contributed by atoms with Gasteiger partial charge in [0.15, 0.2) is 11.4 Å². The first kappa shape index (κ1) is 17.9. The Balaban J connectivity index is 2.42. The molecule has 3 aromatic carbocycles. The zero-order chi connectivity index (χ0) is 21.4. The fourth-order valence-electron chi connectivity index (χ4n) is 3.37. The van der Waals surface area contributed by atoms with Gasteiger partial charge in [0.05, 0.1) is 33.3 Å². The monoisotopic (exact) mass is 380 g/mol. The minimum absolute atomic E-state index is 0.115. The van der Waals surface area contributed by atoms with Crippen LogP contribution in [0.3, 0.4) is 0 Å². The van der Waals surface area contributed by atoms with Gasteiger partial charge in [-0.15, -0.1) is 0 Å². The minimum atomic E-state index is -0.178. The van der Waals surface area contributed by atoms with E-state index in [-0.39, 0.29) is 44.7 Å². The van der Waals surface area contributed by atoms with E-state index in [1.165, 1.54) is 24.3 Å². The van der Waals surface area contributed by atoms with Crippen molar-refractivity contribution in [1.82, 2.24) is 9.97 Å². The second kappa shape index (κ2) is 6.56. The maximum Gasteiger partial charge on any atom is 0.177 e. The third-order valence-corrected chi connectivity index (χ3v) is 4.71. The van der Waals surface area contributed by atoms with Crippen LogP contribution in [-0.4, -0.2) is 9.97 Å². The van der Waals surface area contributed by atoms with Crippen LogP contribution in [0.25, 0.3) is 32.6 Å². The number of benzene rings is 3. The number of hydrogen-bond acceptors (Lipinski definition) is 8. The summed E-state index contributed by atoms with van der Waals surface area (Å²) in [6.07, 6.45) is 0. The summed E-state index contributed by atoms with van der Waals surface area (Å²) in [4.78, 5) is 8.57. The van der Waals surface area contributed by atoms with Crippen molar-refractivity contribution in [1.29, 1.82) is 31.6 Å². The highest BCUT2D eigenvalue weighted by atomic mass is 14.8. The predicted molar refractivity (Wildman–Crippen MR) is 103 cm³/mol. The maximum absolute atomic E-state index is 9.42. The standard InChI is InChI=1S/C22H4N8/c23-5-11-1-15-16-2-12(6-24)14(8-26)4-18(16)22-21(17(15)3-13(11)7-25)29-19(9-27)20(10-28)30-22/h1-4H. The van der Waals surface area contributed by atoms with E-state index < -0.39 is 0 Å². The molecule has 0 saturated carbocycles. The van der Waals surface area contributed by atoms with E-state index in [9.17, 15) is 31.6 Å². The number of nitriles is 6. The highest BCUT2D eigenvalue weighted by Crippen LogP contribution is 2.36. The zero-order valence-electron chi connectivity index (χ0n) is 14.9. The number of fused-ring (bicyclic) bond motifs is 6. The molecule has 0 aliphatic heterocycles. The number of rotatable bonds is 0. The first-order chi connectivity index (χ1) is 14.6. The summed E-state index contributed by atoms with van der Waals surface area (Å²) in [6.45, 7) is 0. The molecule has 0 aliphatic rings. The molecule has 4 rings (SSSR count). The van der Waals surface area contributed by atoms with E-state index in [1.807, 2.05) is 36.4 Å². The van der Waals surface area contributed by atoms with Crippen LogP contribution in [0.4, 0.5) is 0 Å². The normalized spacial score (nSPS) is 9.80. The summed E-state index contributed by atoms with van der Waals surface area (Å²) < 4.78 is 0. The van der Waals surface area contributed by atoms with E-state index in [4.69, 9.17) is 0 Å². The lowest BCUT2D eigenvalue weighted by molar-refractivity contribution is 1.21. The fourth-order valence-corrected chi connectivity index (χ4v) is 3.37. The molecular formula is C22H4N8. The number of hydrogen-bond donors (Lipinski definition) is 0. The zero-order valence-corrected chi connectivity index (χ0v) is 14.9. The van der Waals surface area contributed by atoms with Crippen molar-refractivity contribution in [2.75, 3.05) is 0 Å². The van der Waals surface area contributed by atoms with Crippen molar-refractivity contribution in [2.45, 2.75) is 0 Å². The molecule has 4 aromatic rings. The van der Waals surface area contributed by atoms with E-state index in [0.29, 0.717) is 21.5 Å². The van der Waals surface area contributed by atoms with E-state index >= 15 is 0 Å². The van der Waals surface area contributed by atoms with E-state index in [2.05, 4.69) is 9.97 Å². The van der Waals surface area contributed by atoms with Crippen molar-refractivity contribution in [3.63, 3.8) is 0 Å². The minimum Gasteiger partial charge on any atom is -0.232 e. The lowest BCUT2D eigenvalue weighted by atomic mass is 9.93. The largest absolute Gasteiger partial charge is 0.232 e. The summed E-state index contributed by atoms with van der Waals surface area (Å²) in [7, 11) is 0. The molecule has 0 spiro atoms. The van der Waals surface area contributed by atoms with Crippen molar-refractivity contribution in [2.24, 2.45) is 0 Å². The van der Waals surface area contributed by atoms with Gasteiger partial charge in [-0.1, -0.05) is 0 Å². The Hall–Kier alpha value is -5.54. The highest BCUT2D eigenvalue weighted by Gasteiger charge is 2.19. The molecule has 8 heteroatoms. The molecule has 30 heavy (non-hydrogen) atoms. The fraction of sp³-hybridized carbons (Fsp3) is 0. The molecule has 0 amide bonds. The molecular weight excluding hydrogens is 376 g/mol. The van der Waals surface area contributed by atoms with Crippen LogP contribution < -0.4 is 0 Å². The Morgan fingerprint density at radius 1 is 0.433 bits per heavy atom. The van der Waals surface area contributed by atoms with Gasteiger partial charge in [0.1, 0.15) is 36.4 Å². The third-order valence-electron chi connectivity index (χ3n) is 4.71. The summed E-state index contributed by atoms with van der Waals surface area (Å²) >= 11 is 0. The number of nitrogens with zero attached hydrogens (tertiary/aromatic N) is 8. The van der Waals surface area contributed by atoms with Crippen LogP contribution in [0.1, 0.15) is 33.6 Å². The molecule has 0 radical (unpaired) electrons. The average molecular weight is 380 g/mol. The van der Waals surface area contributed by atoms with Crippen LogP contribution in [0.15, 0.2) is 24.3 Å². The van der Waals surface area contributed by atoms with Gasteiger partial charge >= 0.3 is 0 Å². The topological polar surface area (TPSA) is 169 Å². The summed E-state index contributed by atoms with van der Waals surface area (Å²) in [5, 5.41) is 58.3. The Bertz CT molecular complexity index is 1340. The van der Waals surface area contributed by atoms with E-state index in [1.54, 1.807) is 0 Å². The molecule has 8 nitrogen and oxygen atoms in total. The van der Waals surface area contributed by atoms with Crippen molar-refractivity contribution < 1.29 is 0 Å². The van der Waals surface area contributed by atoms with Gasteiger partial charge < -0.3 is 0 Å². The highest BCUT2D eigenvalue weighted by molar-refractivity contribution is 6.24. The molecule has 0 bridgehead atoms. The molecule has 0 aliphatic carbocycles. The molecule has 0 saturated heterocycles. The Kier molecular flexibility index (Phi) is 3.91. The van der Waals surface area contributed by atoms with Gasteiger partial charge in [0.25, 0.3) is 0 Å². The van der Waals surface area contributed by atoms with E-state index in [0.717, 1.165) is 0 Å². The summed E-state index contributed by atoms with van der Waals surface area (Å²) in [6, 6.07) is 17.5. The lowest BCUT2D eigenvalue weighted by Gasteiger charge is -2.12. The van der Waals surface area contributed by atoms with Crippen LogP contribution in [-0.2, 0) is 0 Å². The molecule has 0 fully saturated rings. The second-order valence-electron chi connectivity index (χ2n) is 6.18. The molecule has 0 atom stereocenters. The SMILES string of the molecule is N#Cc1cc2c3cc(C#N)c(C#N)cc3c3nc(C#N)c(C#N)nc3c2cc1C#N. The van der Waals surface area contributed by atoms with Crippen molar-refractivity contribution >= 4 is 32.6 Å². The van der Waals surface area contributed by atoms with Crippen LogP contribution in [0, 0.1) is 68.0 Å². The van der Waals surface area contributed by atoms with Crippen molar-refractivity contribution in [3.8, 4) is 36.4 Å². The van der Waals surface area contributed by atoms with Crippen molar-refractivity contribution in [3.05, 3.63) is 57.9 Å². The number of aromatic nitrogens is 2. The van der Waals surface area contributed by atoms with Crippen LogP contribution >= 0.6 is 0 Å². The molecule has 0 unspecified atom stereocenters. The Morgan fingerprint density at radius 2 is 0.733 bits per heavy atom. The van der Waals surface area contributed by atoms with Gasteiger partial charge in [-0.25, -0.2) is 9.97 Å². The summed E-state index contributed by atoms with van der Waals surface area (Å²) in [5.74, 6) is 0. The summed E-state index contributed by atoms with van der Waals surface area (Å²) in [5.41, 5.74) is 0.649. The van der Waals surface area contributed by atoms with Gasteiger partial charge in [-0.2, -0.15) is 31.6 Å². The average Bonchev–Trinajstić information content (AvgIpc) is 2.81. The Labute approximate surface area is 168 Å². The molecule has 1 heterocycles. The first-order valence-corrected chi connectivity index (χ1v) is 8.30. The Morgan fingerprint density at radius 3 is 1.00 bits per heavy atom. The smallest absolute Gasteiger partial charge is 0.177 e. The maximum atomic E-state index is 9.42. The molecule has 132 valence electrons. The quantitative estimate of drug-likeness (QED) is 0.419. The van der Waals surface area contributed by atoms with Crippen LogP contribution in [0.5, 0.6) is 0 Å². The lowest BCUT2D eigenvalue weighted by Crippen LogP contribution is -1.99. The predicted octanol–water partition coefficient (Wildman–Crippen LogP) is 3.17. The van der Waals surface area contributed by atoms with Gasteiger partial charge in [-0.05, 0) is 35.0 Å². The molecule has 0 N–H and O–H groups in total. The van der Waals surface area contributed by atoms with Gasteiger partial charge in [0.2, 0.25) is 0 Å². The van der Waals surface area contributed by atoms with Crippen LogP contribution in [0.2, 0.25) is 0 Å². The third kappa shape index (κ3) is 2.34. The van der Waals surface area contributed by atoms with Gasteiger partial charge in [-0.3, -0.25) is 0 Å². The molecule has 1 aromatic heterocycles.